The van der Waals surface area contributed by atoms with Gasteiger partial charge < -0.3 is 10.3 Å². The minimum atomic E-state index is -0.160. The topological polar surface area (TPSA) is 137 Å². The highest BCUT2D eigenvalue weighted by atomic mass is 32.1. The van der Waals surface area contributed by atoms with Crippen LogP contribution in [0.1, 0.15) is 26.1 Å². The number of hydrogen-bond acceptors (Lipinski definition) is 9. The summed E-state index contributed by atoms with van der Waals surface area (Å²) in [6.07, 6.45) is 4.80. The summed E-state index contributed by atoms with van der Waals surface area (Å²) in [6, 6.07) is 5.86. The molecule has 5 aromatic heterocycles. The Morgan fingerprint density at radius 1 is 1.18 bits per heavy atom. The van der Waals surface area contributed by atoms with Crippen LogP contribution in [0.4, 0.5) is 0 Å². The van der Waals surface area contributed by atoms with Crippen molar-refractivity contribution in [3.8, 4) is 0 Å². The fraction of sp³-hybridized carbons (Fsp3) is 0.182. The van der Waals surface area contributed by atoms with Gasteiger partial charge in [0, 0.05) is 29.6 Å². The van der Waals surface area contributed by atoms with E-state index in [1.165, 1.54) is 34.4 Å². The second kappa shape index (κ2) is 8.89. The van der Waals surface area contributed by atoms with Crippen molar-refractivity contribution in [1.82, 2.24) is 34.5 Å². The summed E-state index contributed by atoms with van der Waals surface area (Å²) in [5, 5.41) is 16.5. The molecule has 0 aliphatic rings. The Morgan fingerprint density at radius 3 is 2.82 bits per heavy atom. The lowest BCUT2D eigenvalue weighted by molar-refractivity contribution is 0.112. The average molecular weight is 493 g/mol. The molecular weight excluding hydrogens is 472 g/mol. The van der Waals surface area contributed by atoms with Gasteiger partial charge >= 0.3 is 0 Å². The van der Waals surface area contributed by atoms with E-state index in [1.807, 2.05) is 35.2 Å². The number of fused-ring (bicyclic) bond motifs is 4. The molecule has 0 saturated heterocycles. The number of benzene rings is 1. The molecular formula is C22H20N8O2S2. The number of carbonyl (C=O) groups excluding carboxylic acids is 1. The highest BCUT2D eigenvalue weighted by Crippen LogP contribution is 2.32. The molecule has 0 spiro atoms. The molecule has 0 atom stereocenters. The molecule has 0 radical (unpaired) electrons. The standard InChI is InChI=1S/C21H15N7O2S2.CH5N/c1-27-18-14(19-20(27)25-16(32-19)5-12-10-31-17(9-29)24-12)7-23-28(21(18)30)8-11-3-2-4-15-13(11)6-22-26-15;1-2/h2-4,6-7,9-10H,5,8H2,1H3,(H,22,26);2H2,1H3. The SMILES string of the molecule is CN.Cn1c2nc(Cc3csc(C=O)n3)sc2c2cnn(Cc3cccc4[nH]ncc34)c(=O)c21. The second-order valence-corrected chi connectivity index (χ2v) is 9.38. The zero-order valence-electron chi connectivity index (χ0n) is 18.3. The van der Waals surface area contributed by atoms with E-state index in [0.717, 1.165) is 49.2 Å². The van der Waals surface area contributed by atoms with Crippen LogP contribution in [0.15, 0.2) is 40.8 Å². The maximum Gasteiger partial charge on any atom is 0.291 e. The van der Waals surface area contributed by atoms with E-state index in [2.05, 4.69) is 26.0 Å². The number of aldehydes is 1. The molecule has 6 rings (SSSR count). The summed E-state index contributed by atoms with van der Waals surface area (Å²) < 4.78 is 4.24. The van der Waals surface area contributed by atoms with Gasteiger partial charge in [0.15, 0.2) is 16.9 Å². The van der Waals surface area contributed by atoms with Gasteiger partial charge in [-0.3, -0.25) is 14.7 Å². The minimum absolute atomic E-state index is 0.160. The van der Waals surface area contributed by atoms with Crippen molar-refractivity contribution >= 4 is 61.1 Å². The Labute approximate surface area is 200 Å². The number of hydrogen-bond donors (Lipinski definition) is 2. The summed E-state index contributed by atoms with van der Waals surface area (Å²) in [5.41, 5.74) is 8.38. The number of nitrogens with two attached hydrogens (primary N) is 1. The van der Waals surface area contributed by atoms with Crippen molar-refractivity contribution < 1.29 is 4.79 Å². The van der Waals surface area contributed by atoms with Gasteiger partial charge in [0.05, 0.1) is 34.8 Å². The Hall–Kier alpha value is -3.74. The zero-order valence-corrected chi connectivity index (χ0v) is 20.0. The highest BCUT2D eigenvalue weighted by molar-refractivity contribution is 7.19. The Morgan fingerprint density at radius 2 is 2.03 bits per heavy atom. The third kappa shape index (κ3) is 3.61. The van der Waals surface area contributed by atoms with E-state index in [-0.39, 0.29) is 5.56 Å². The lowest BCUT2D eigenvalue weighted by Gasteiger charge is -2.07. The first kappa shape index (κ1) is 22.1. The summed E-state index contributed by atoms with van der Waals surface area (Å²) in [5.74, 6) is 0. The quantitative estimate of drug-likeness (QED) is 0.353. The minimum Gasteiger partial charge on any atom is -0.333 e. The summed E-state index contributed by atoms with van der Waals surface area (Å²) in [6.45, 7) is 0.353. The van der Waals surface area contributed by atoms with Gasteiger partial charge in [-0.05, 0) is 18.7 Å². The number of aromatic nitrogens is 7. The van der Waals surface area contributed by atoms with Crippen LogP contribution in [-0.4, -0.2) is 47.8 Å². The van der Waals surface area contributed by atoms with Crippen LogP contribution in [0.3, 0.4) is 0 Å². The summed E-state index contributed by atoms with van der Waals surface area (Å²) in [4.78, 5) is 33.2. The van der Waals surface area contributed by atoms with Crippen LogP contribution in [-0.2, 0) is 20.0 Å². The van der Waals surface area contributed by atoms with Crippen LogP contribution < -0.4 is 11.3 Å². The first-order chi connectivity index (χ1) is 16.6. The molecule has 0 aliphatic carbocycles. The van der Waals surface area contributed by atoms with Gasteiger partial charge in [-0.25, -0.2) is 14.6 Å². The van der Waals surface area contributed by atoms with E-state index >= 15 is 0 Å². The van der Waals surface area contributed by atoms with Crippen molar-refractivity contribution in [2.24, 2.45) is 12.8 Å². The zero-order chi connectivity index (χ0) is 23.8. The van der Waals surface area contributed by atoms with Crippen molar-refractivity contribution in [3.63, 3.8) is 0 Å². The maximum atomic E-state index is 13.3. The largest absolute Gasteiger partial charge is 0.333 e. The number of rotatable bonds is 5. The summed E-state index contributed by atoms with van der Waals surface area (Å²) >= 11 is 2.85. The molecule has 0 amide bonds. The van der Waals surface area contributed by atoms with Gasteiger partial charge in [0.1, 0.15) is 10.5 Å². The molecule has 0 aliphatic heterocycles. The normalized spacial score (nSPS) is 11.3. The van der Waals surface area contributed by atoms with Crippen LogP contribution in [0.25, 0.3) is 32.2 Å². The molecule has 12 heteroatoms. The number of carbonyl (C=O) groups is 1. The maximum absolute atomic E-state index is 13.3. The van der Waals surface area contributed by atoms with Gasteiger partial charge in [-0.1, -0.05) is 12.1 Å². The number of nitrogens with zero attached hydrogens (tertiary/aromatic N) is 6. The van der Waals surface area contributed by atoms with Crippen LogP contribution in [0.5, 0.6) is 0 Å². The van der Waals surface area contributed by atoms with Gasteiger partial charge in [0.2, 0.25) is 0 Å². The first-order valence-corrected chi connectivity index (χ1v) is 12.0. The molecule has 6 aromatic rings. The van der Waals surface area contributed by atoms with E-state index in [9.17, 15) is 9.59 Å². The average Bonchev–Trinajstić information content (AvgIpc) is 3.64. The van der Waals surface area contributed by atoms with Gasteiger partial charge in [0.25, 0.3) is 5.56 Å². The fourth-order valence-corrected chi connectivity index (χ4v) is 5.70. The number of thiazole rings is 2. The number of aromatic amines is 1. The molecule has 3 N–H and O–H groups in total. The van der Waals surface area contributed by atoms with Crippen molar-refractivity contribution in [3.05, 3.63) is 67.6 Å². The first-order valence-electron chi connectivity index (χ1n) is 10.3. The lowest BCUT2D eigenvalue weighted by Crippen LogP contribution is -2.24. The third-order valence-electron chi connectivity index (χ3n) is 5.47. The van der Waals surface area contributed by atoms with E-state index in [1.54, 1.807) is 12.4 Å². The fourth-order valence-electron chi connectivity index (χ4n) is 3.96. The van der Waals surface area contributed by atoms with Crippen molar-refractivity contribution in [1.29, 1.82) is 0 Å². The lowest BCUT2D eigenvalue weighted by atomic mass is 10.1. The predicted octanol–water partition coefficient (Wildman–Crippen LogP) is 2.70. The van der Waals surface area contributed by atoms with Gasteiger partial charge in [-0.2, -0.15) is 10.2 Å². The van der Waals surface area contributed by atoms with Crippen molar-refractivity contribution in [2.75, 3.05) is 7.05 Å². The Balaban J connectivity index is 0.00000117. The molecule has 172 valence electrons. The smallest absolute Gasteiger partial charge is 0.291 e. The second-order valence-electron chi connectivity index (χ2n) is 7.41. The van der Waals surface area contributed by atoms with Crippen LogP contribution in [0, 0.1) is 0 Å². The Kier molecular flexibility index (Phi) is 5.77. The molecule has 0 saturated carbocycles. The molecule has 0 unspecified atom stereocenters. The third-order valence-corrected chi connectivity index (χ3v) is 7.36. The van der Waals surface area contributed by atoms with E-state index in [0.29, 0.717) is 23.5 Å². The molecule has 34 heavy (non-hydrogen) atoms. The molecule has 1 aromatic carbocycles. The van der Waals surface area contributed by atoms with E-state index < -0.39 is 0 Å². The Bertz CT molecular complexity index is 1700. The molecule has 0 bridgehead atoms. The predicted molar refractivity (Wildman–Crippen MR) is 134 cm³/mol. The molecule has 10 nitrogen and oxygen atoms in total. The molecule has 5 heterocycles. The highest BCUT2D eigenvalue weighted by Gasteiger charge is 2.19. The van der Waals surface area contributed by atoms with Gasteiger partial charge in [-0.15, -0.1) is 22.7 Å². The van der Waals surface area contributed by atoms with Crippen LogP contribution in [0.2, 0.25) is 0 Å². The number of aryl methyl sites for hydroxylation is 1. The van der Waals surface area contributed by atoms with Crippen molar-refractivity contribution in [2.45, 2.75) is 13.0 Å². The van der Waals surface area contributed by atoms with Crippen LogP contribution >= 0.6 is 22.7 Å². The summed E-state index contributed by atoms with van der Waals surface area (Å²) in [7, 11) is 3.35. The number of nitrogens with one attached hydrogen (secondary N) is 1. The number of H-pyrrole nitrogens is 1. The monoisotopic (exact) mass is 492 g/mol. The molecule has 0 fully saturated rings. The van der Waals surface area contributed by atoms with E-state index in [4.69, 9.17) is 4.98 Å².